The summed E-state index contributed by atoms with van der Waals surface area (Å²) in [7, 11) is 0. The maximum absolute atomic E-state index is 11.3. The molecule has 0 fully saturated rings. The highest BCUT2D eigenvalue weighted by molar-refractivity contribution is 5.95. The van der Waals surface area contributed by atoms with Crippen molar-refractivity contribution >= 4 is 11.7 Å². The van der Waals surface area contributed by atoms with Crippen LogP contribution in [0.15, 0.2) is 36.5 Å². The van der Waals surface area contributed by atoms with Gasteiger partial charge in [-0.1, -0.05) is 26.8 Å². The highest BCUT2D eigenvalue weighted by Gasteiger charge is 2.15. The van der Waals surface area contributed by atoms with Gasteiger partial charge in [0.15, 0.2) is 0 Å². The van der Waals surface area contributed by atoms with Crippen molar-refractivity contribution in [1.29, 1.82) is 5.26 Å². The van der Waals surface area contributed by atoms with E-state index in [0.29, 0.717) is 16.8 Å². The van der Waals surface area contributed by atoms with E-state index in [0.717, 1.165) is 12.2 Å². The fraction of sp³-hybridized carbons (Fsp3) is 0.278. The zero-order valence-electron chi connectivity index (χ0n) is 13.4. The number of aromatic carboxylic acids is 1. The van der Waals surface area contributed by atoms with Gasteiger partial charge in [0.25, 0.3) is 0 Å². The molecule has 1 aromatic carbocycles. The van der Waals surface area contributed by atoms with E-state index in [9.17, 15) is 15.2 Å². The number of carbonyl (C=O) groups is 1. The molecule has 0 unspecified atom stereocenters. The molecule has 2 rings (SSSR count). The van der Waals surface area contributed by atoms with Crippen molar-refractivity contribution in [1.82, 2.24) is 4.98 Å². The number of rotatable bonds is 4. The minimum absolute atomic E-state index is 0.0862. The molecule has 5 heteroatoms. The van der Waals surface area contributed by atoms with Crippen LogP contribution >= 0.6 is 0 Å². The first-order chi connectivity index (χ1) is 10.8. The Hall–Kier alpha value is -2.87. The molecule has 0 aliphatic rings. The van der Waals surface area contributed by atoms with Gasteiger partial charge < -0.3 is 10.4 Å². The van der Waals surface area contributed by atoms with Crippen LogP contribution < -0.4 is 5.32 Å². The van der Waals surface area contributed by atoms with E-state index >= 15 is 0 Å². The molecule has 0 radical (unpaired) electrons. The third kappa shape index (κ3) is 4.07. The lowest BCUT2D eigenvalue weighted by atomic mass is 9.96. The summed E-state index contributed by atoms with van der Waals surface area (Å²) in [6, 6.07) is 10.5. The van der Waals surface area contributed by atoms with Crippen LogP contribution in [0.2, 0.25) is 0 Å². The topological polar surface area (TPSA) is 86.0 Å². The number of nitrogens with zero attached hydrogens (tertiary/aromatic N) is 2. The van der Waals surface area contributed by atoms with Crippen LogP contribution in [0.5, 0.6) is 0 Å². The monoisotopic (exact) mass is 309 g/mol. The van der Waals surface area contributed by atoms with Crippen LogP contribution in [-0.2, 0) is 0 Å². The van der Waals surface area contributed by atoms with E-state index in [1.165, 1.54) is 6.07 Å². The molecule has 118 valence electrons. The summed E-state index contributed by atoms with van der Waals surface area (Å²) >= 11 is 0. The Morgan fingerprint density at radius 2 is 2.09 bits per heavy atom. The number of benzene rings is 1. The average molecular weight is 309 g/mol. The Morgan fingerprint density at radius 1 is 1.35 bits per heavy atom. The second kappa shape index (κ2) is 6.49. The molecule has 1 aromatic heterocycles. The van der Waals surface area contributed by atoms with E-state index < -0.39 is 5.97 Å². The zero-order chi connectivity index (χ0) is 17.0. The first kappa shape index (κ1) is 16.5. The second-order valence-electron chi connectivity index (χ2n) is 6.49. The molecule has 2 N–H and O–H groups in total. The number of hydrogen-bond donors (Lipinski definition) is 2. The molecule has 2 aromatic rings. The lowest BCUT2D eigenvalue weighted by molar-refractivity contribution is 0.0697. The summed E-state index contributed by atoms with van der Waals surface area (Å²) in [4.78, 5) is 15.5. The maximum atomic E-state index is 11.3. The molecule has 0 saturated heterocycles. The summed E-state index contributed by atoms with van der Waals surface area (Å²) in [5.74, 6) is -1.04. The number of carboxylic acid groups (broad SMARTS) is 1. The number of pyridine rings is 1. The van der Waals surface area contributed by atoms with Gasteiger partial charge in [-0.15, -0.1) is 0 Å². The van der Waals surface area contributed by atoms with E-state index in [2.05, 4.69) is 37.1 Å². The van der Waals surface area contributed by atoms with Crippen LogP contribution in [0, 0.1) is 16.7 Å². The van der Waals surface area contributed by atoms with E-state index in [1.807, 2.05) is 0 Å². The standard InChI is InChI=1S/C18H19N3O2/c1-18(2,3)11-21-15-7-6-12(9-13(15)10-19)16-14(17(22)23)5-4-8-20-16/h4-9,21H,11H2,1-3H3,(H,22,23). The van der Waals surface area contributed by atoms with Gasteiger partial charge in [0.2, 0.25) is 0 Å². The first-order valence-electron chi connectivity index (χ1n) is 7.28. The van der Waals surface area contributed by atoms with Crippen LogP contribution in [-0.4, -0.2) is 22.6 Å². The smallest absolute Gasteiger partial charge is 0.337 e. The summed E-state index contributed by atoms with van der Waals surface area (Å²) in [5.41, 5.74) is 2.38. The predicted molar refractivity (Wildman–Crippen MR) is 89.3 cm³/mol. The van der Waals surface area contributed by atoms with Crippen LogP contribution in [0.3, 0.4) is 0 Å². The van der Waals surface area contributed by atoms with E-state index in [4.69, 9.17) is 0 Å². The molecular formula is C18H19N3O2. The first-order valence-corrected chi connectivity index (χ1v) is 7.28. The average Bonchev–Trinajstić information content (AvgIpc) is 2.52. The van der Waals surface area contributed by atoms with Crippen LogP contribution in [0.1, 0.15) is 36.7 Å². The van der Waals surface area contributed by atoms with Crippen LogP contribution in [0.25, 0.3) is 11.3 Å². The lowest BCUT2D eigenvalue weighted by Crippen LogP contribution is -2.19. The third-order valence-electron chi connectivity index (χ3n) is 3.26. The van der Waals surface area contributed by atoms with E-state index in [-0.39, 0.29) is 11.0 Å². The van der Waals surface area contributed by atoms with Crippen molar-refractivity contribution in [3.63, 3.8) is 0 Å². The molecule has 0 aliphatic carbocycles. The van der Waals surface area contributed by atoms with Gasteiger partial charge in [-0.2, -0.15) is 5.26 Å². The maximum Gasteiger partial charge on any atom is 0.337 e. The van der Waals surface area contributed by atoms with E-state index in [1.54, 1.807) is 30.5 Å². The van der Waals surface area contributed by atoms with Crippen molar-refractivity contribution in [2.75, 3.05) is 11.9 Å². The number of nitriles is 1. The molecule has 1 heterocycles. The lowest BCUT2D eigenvalue weighted by Gasteiger charge is -2.20. The number of nitrogens with one attached hydrogen (secondary N) is 1. The van der Waals surface area contributed by atoms with Gasteiger partial charge in [0.05, 0.1) is 22.5 Å². The minimum atomic E-state index is -1.04. The molecule has 0 atom stereocenters. The molecule has 23 heavy (non-hydrogen) atoms. The number of carboxylic acids is 1. The highest BCUT2D eigenvalue weighted by atomic mass is 16.4. The highest BCUT2D eigenvalue weighted by Crippen LogP contribution is 2.27. The fourth-order valence-electron chi connectivity index (χ4n) is 2.11. The zero-order valence-corrected chi connectivity index (χ0v) is 13.4. The summed E-state index contributed by atoms with van der Waals surface area (Å²) in [6.07, 6.45) is 1.54. The largest absolute Gasteiger partial charge is 0.478 e. The second-order valence-corrected chi connectivity index (χ2v) is 6.49. The SMILES string of the molecule is CC(C)(C)CNc1ccc(-c2ncccc2C(=O)O)cc1C#N. The normalized spacial score (nSPS) is 10.9. The molecule has 0 amide bonds. The summed E-state index contributed by atoms with van der Waals surface area (Å²) in [5, 5.41) is 21.9. The molecule has 5 nitrogen and oxygen atoms in total. The number of anilines is 1. The van der Waals surface area contributed by atoms with Gasteiger partial charge in [0, 0.05) is 18.3 Å². The molecule has 0 bridgehead atoms. The summed E-state index contributed by atoms with van der Waals surface area (Å²) in [6.45, 7) is 7.04. The van der Waals surface area contributed by atoms with Gasteiger partial charge in [-0.3, -0.25) is 4.98 Å². The van der Waals surface area contributed by atoms with Crippen molar-refractivity contribution in [3.8, 4) is 17.3 Å². The van der Waals surface area contributed by atoms with Crippen molar-refractivity contribution in [2.24, 2.45) is 5.41 Å². The Bertz CT molecular complexity index is 771. The van der Waals surface area contributed by atoms with Crippen molar-refractivity contribution < 1.29 is 9.90 Å². The number of hydrogen-bond acceptors (Lipinski definition) is 4. The van der Waals surface area contributed by atoms with Crippen LogP contribution in [0.4, 0.5) is 5.69 Å². The number of aromatic nitrogens is 1. The Kier molecular flexibility index (Phi) is 4.65. The van der Waals surface area contributed by atoms with Gasteiger partial charge >= 0.3 is 5.97 Å². The molecular weight excluding hydrogens is 290 g/mol. The summed E-state index contributed by atoms with van der Waals surface area (Å²) < 4.78 is 0. The van der Waals surface area contributed by atoms with Gasteiger partial charge in [-0.25, -0.2) is 4.79 Å². The Labute approximate surface area is 135 Å². The quantitative estimate of drug-likeness (QED) is 0.897. The van der Waals surface area contributed by atoms with Gasteiger partial charge in [-0.05, 0) is 29.7 Å². The third-order valence-corrected chi connectivity index (χ3v) is 3.26. The Balaban J connectivity index is 2.41. The van der Waals surface area contributed by atoms with Crippen molar-refractivity contribution in [3.05, 3.63) is 47.7 Å². The van der Waals surface area contributed by atoms with Crippen molar-refractivity contribution in [2.45, 2.75) is 20.8 Å². The predicted octanol–water partition coefficient (Wildman–Crippen LogP) is 3.78. The fourth-order valence-corrected chi connectivity index (χ4v) is 2.11. The molecule has 0 saturated carbocycles. The van der Waals surface area contributed by atoms with Gasteiger partial charge in [0.1, 0.15) is 6.07 Å². The molecule has 0 spiro atoms. The Morgan fingerprint density at radius 3 is 2.70 bits per heavy atom. The molecule has 0 aliphatic heterocycles. The minimum Gasteiger partial charge on any atom is -0.478 e.